The lowest BCUT2D eigenvalue weighted by molar-refractivity contribution is -0.123. The Hall–Kier alpha value is 0.440. The van der Waals surface area contributed by atoms with E-state index in [1.165, 1.54) is 32.1 Å². The number of halogens is 1. The first-order valence-electron chi connectivity index (χ1n) is 4.44. The fourth-order valence-corrected chi connectivity index (χ4v) is 2.53. The molecule has 2 fully saturated rings. The molecule has 1 nitrogen and oxygen atoms in total. The Morgan fingerprint density at radius 1 is 1.27 bits per heavy atom. The van der Waals surface area contributed by atoms with Crippen LogP contribution in [0.3, 0.4) is 0 Å². The zero-order chi connectivity index (χ0) is 7.95. The molecule has 2 aliphatic rings. The largest absolute Gasteiger partial charge is 0.368 e. The molecule has 0 aromatic rings. The Labute approximate surface area is 76.6 Å². The van der Waals surface area contributed by atoms with Crippen molar-refractivity contribution in [2.75, 3.05) is 5.33 Å². The monoisotopic (exact) mass is 218 g/mol. The van der Waals surface area contributed by atoms with Gasteiger partial charge in [0.1, 0.15) is 0 Å². The summed E-state index contributed by atoms with van der Waals surface area (Å²) in [7, 11) is 0. The lowest BCUT2D eigenvalue weighted by Gasteiger charge is -2.39. The highest BCUT2D eigenvalue weighted by atomic mass is 79.9. The molecular weight excluding hydrogens is 204 g/mol. The van der Waals surface area contributed by atoms with Crippen LogP contribution in [0, 0.1) is 0 Å². The summed E-state index contributed by atoms with van der Waals surface area (Å²) in [6.45, 7) is 2.22. The topological polar surface area (TPSA) is 9.23 Å². The van der Waals surface area contributed by atoms with Crippen LogP contribution in [0.15, 0.2) is 0 Å². The van der Waals surface area contributed by atoms with Gasteiger partial charge in [0.15, 0.2) is 0 Å². The van der Waals surface area contributed by atoms with Crippen LogP contribution in [-0.4, -0.2) is 16.5 Å². The third kappa shape index (κ3) is 1.25. The van der Waals surface area contributed by atoms with E-state index in [1.54, 1.807) is 0 Å². The van der Waals surface area contributed by atoms with Gasteiger partial charge >= 0.3 is 0 Å². The number of hydrogen-bond acceptors (Lipinski definition) is 1. The van der Waals surface area contributed by atoms with Crippen molar-refractivity contribution < 1.29 is 4.74 Å². The molecule has 0 aromatic carbocycles. The molecular formula is C9H15BrO. The zero-order valence-corrected chi connectivity index (χ0v) is 8.61. The molecule has 0 N–H and O–H groups in total. The smallest absolute Gasteiger partial charge is 0.0759 e. The summed E-state index contributed by atoms with van der Waals surface area (Å²) < 4.78 is 6.07. The lowest BCUT2D eigenvalue weighted by atomic mass is 9.78. The van der Waals surface area contributed by atoms with Gasteiger partial charge in [-0.2, -0.15) is 0 Å². The summed E-state index contributed by atoms with van der Waals surface area (Å²) in [6, 6.07) is 0. The summed E-state index contributed by atoms with van der Waals surface area (Å²) >= 11 is 3.51. The van der Waals surface area contributed by atoms with Crippen molar-refractivity contribution in [3.05, 3.63) is 0 Å². The quantitative estimate of drug-likeness (QED) is 0.616. The van der Waals surface area contributed by atoms with E-state index in [1.807, 2.05) is 0 Å². The Morgan fingerprint density at radius 3 is 2.27 bits per heavy atom. The Bertz CT molecular complexity index is 155. The molecule has 1 saturated carbocycles. The number of rotatable bonds is 1. The van der Waals surface area contributed by atoms with E-state index < -0.39 is 0 Å². The van der Waals surface area contributed by atoms with Crippen molar-refractivity contribution in [3.63, 3.8) is 0 Å². The normalized spacial score (nSPS) is 40.9. The van der Waals surface area contributed by atoms with Gasteiger partial charge in [0.05, 0.1) is 11.2 Å². The summed E-state index contributed by atoms with van der Waals surface area (Å²) in [6.07, 6.45) is 6.50. The van der Waals surface area contributed by atoms with Crippen LogP contribution in [0.2, 0.25) is 0 Å². The van der Waals surface area contributed by atoms with E-state index in [9.17, 15) is 0 Å². The van der Waals surface area contributed by atoms with E-state index >= 15 is 0 Å². The van der Waals surface area contributed by atoms with Crippen molar-refractivity contribution in [1.29, 1.82) is 0 Å². The maximum atomic E-state index is 6.07. The first-order chi connectivity index (χ1) is 5.18. The minimum absolute atomic E-state index is 0.139. The molecule has 1 unspecified atom stereocenters. The van der Waals surface area contributed by atoms with Crippen molar-refractivity contribution in [1.82, 2.24) is 0 Å². The third-order valence-corrected chi connectivity index (χ3v) is 4.31. The summed E-state index contributed by atoms with van der Waals surface area (Å²) in [5.41, 5.74) is 0.461. The maximum Gasteiger partial charge on any atom is 0.0759 e. The Kier molecular flexibility index (Phi) is 1.80. The molecule has 2 rings (SSSR count). The van der Waals surface area contributed by atoms with Gasteiger partial charge in [-0.05, 0) is 39.0 Å². The highest BCUT2D eigenvalue weighted by Crippen LogP contribution is 2.49. The third-order valence-electron chi connectivity index (χ3n) is 3.12. The Balaban J connectivity index is 2.02. The van der Waals surface area contributed by atoms with Gasteiger partial charge < -0.3 is 4.74 Å². The molecule has 1 atom stereocenters. The highest BCUT2D eigenvalue weighted by Gasteiger charge is 2.49. The van der Waals surface area contributed by atoms with E-state index in [0.29, 0.717) is 5.60 Å². The molecule has 1 saturated heterocycles. The van der Waals surface area contributed by atoms with Crippen molar-refractivity contribution in [2.45, 2.75) is 50.2 Å². The SMILES string of the molecule is CC1(CBr)CCC2(CCC2)O1. The molecule has 1 aliphatic heterocycles. The summed E-state index contributed by atoms with van der Waals surface area (Å²) in [4.78, 5) is 0. The second-order valence-corrected chi connectivity index (χ2v) is 4.78. The fourth-order valence-electron chi connectivity index (χ4n) is 2.13. The number of alkyl halides is 1. The van der Waals surface area contributed by atoms with Gasteiger partial charge in [-0.3, -0.25) is 0 Å². The zero-order valence-electron chi connectivity index (χ0n) is 7.03. The predicted molar refractivity (Wildman–Crippen MR) is 49.1 cm³/mol. The molecule has 1 heterocycles. The van der Waals surface area contributed by atoms with E-state index in [4.69, 9.17) is 4.74 Å². The first kappa shape index (κ1) is 8.06. The molecule has 0 radical (unpaired) electrons. The molecule has 0 amide bonds. The second-order valence-electron chi connectivity index (χ2n) is 4.22. The summed E-state index contributed by atoms with van der Waals surface area (Å²) in [5, 5.41) is 0.988. The fraction of sp³-hybridized carbons (Fsp3) is 1.00. The van der Waals surface area contributed by atoms with Crippen LogP contribution >= 0.6 is 15.9 Å². The highest BCUT2D eigenvalue weighted by molar-refractivity contribution is 9.09. The minimum atomic E-state index is 0.139. The summed E-state index contributed by atoms with van der Waals surface area (Å²) in [5.74, 6) is 0. The van der Waals surface area contributed by atoms with Gasteiger partial charge in [0.25, 0.3) is 0 Å². The standard InChI is InChI=1S/C9H15BrO/c1-8(7-10)5-6-9(11-8)3-2-4-9/h2-7H2,1H3. The van der Waals surface area contributed by atoms with Crippen LogP contribution in [-0.2, 0) is 4.74 Å². The average Bonchev–Trinajstić information content (AvgIpc) is 2.29. The van der Waals surface area contributed by atoms with Crippen molar-refractivity contribution in [2.24, 2.45) is 0 Å². The van der Waals surface area contributed by atoms with E-state index in [-0.39, 0.29) is 5.60 Å². The molecule has 11 heavy (non-hydrogen) atoms. The molecule has 1 spiro atoms. The van der Waals surface area contributed by atoms with Gasteiger partial charge in [-0.1, -0.05) is 15.9 Å². The number of ether oxygens (including phenoxy) is 1. The van der Waals surface area contributed by atoms with Crippen LogP contribution in [0.25, 0.3) is 0 Å². The van der Waals surface area contributed by atoms with Gasteiger partial charge in [0.2, 0.25) is 0 Å². The minimum Gasteiger partial charge on any atom is -0.368 e. The van der Waals surface area contributed by atoms with Crippen LogP contribution < -0.4 is 0 Å². The molecule has 0 aromatic heterocycles. The maximum absolute atomic E-state index is 6.07. The number of hydrogen-bond donors (Lipinski definition) is 0. The molecule has 64 valence electrons. The lowest BCUT2D eigenvalue weighted by Crippen LogP contribution is -2.40. The van der Waals surface area contributed by atoms with Gasteiger partial charge in [-0.15, -0.1) is 0 Å². The van der Waals surface area contributed by atoms with Crippen molar-refractivity contribution in [3.8, 4) is 0 Å². The second kappa shape index (κ2) is 2.46. The average molecular weight is 219 g/mol. The molecule has 0 bridgehead atoms. The van der Waals surface area contributed by atoms with E-state index in [2.05, 4.69) is 22.9 Å². The predicted octanol–water partition coefficient (Wildman–Crippen LogP) is 2.87. The van der Waals surface area contributed by atoms with Crippen molar-refractivity contribution >= 4 is 15.9 Å². The van der Waals surface area contributed by atoms with Gasteiger partial charge in [0, 0.05) is 5.33 Å². The van der Waals surface area contributed by atoms with Gasteiger partial charge in [-0.25, -0.2) is 0 Å². The Morgan fingerprint density at radius 2 is 2.00 bits per heavy atom. The van der Waals surface area contributed by atoms with Crippen LogP contribution in [0.4, 0.5) is 0 Å². The van der Waals surface area contributed by atoms with Crippen LogP contribution in [0.1, 0.15) is 39.0 Å². The molecule has 2 heteroatoms. The molecule has 1 aliphatic carbocycles. The van der Waals surface area contributed by atoms with Crippen LogP contribution in [0.5, 0.6) is 0 Å². The first-order valence-corrected chi connectivity index (χ1v) is 5.56. The van der Waals surface area contributed by atoms with E-state index in [0.717, 1.165) is 5.33 Å².